The van der Waals surface area contributed by atoms with E-state index < -0.39 is 0 Å². The van der Waals surface area contributed by atoms with Gasteiger partial charge in [0.25, 0.3) is 0 Å². The van der Waals surface area contributed by atoms with Gasteiger partial charge in [-0.25, -0.2) is 0 Å². The molecule has 0 aromatic rings. The highest BCUT2D eigenvalue weighted by Gasteiger charge is 2.21. The number of piperidine rings is 1. The van der Waals surface area contributed by atoms with Gasteiger partial charge in [-0.2, -0.15) is 0 Å². The summed E-state index contributed by atoms with van der Waals surface area (Å²) in [6.45, 7) is 3.95. The topological polar surface area (TPSA) is 29.1 Å². The molecule has 0 unspecified atom stereocenters. The summed E-state index contributed by atoms with van der Waals surface area (Å²) in [5.74, 6) is 0.399. The second kappa shape index (κ2) is 3.56. The molecule has 0 aromatic carbocycles. The standard InChI is InChI=1S/C9H15NO/c1-3-4-8-6-5-7(2)9(11)10-8/h3-4,7-8H,5-6H2,1-2H3,(H,10,11)/b4-3+/t7-,8+/m1/s1. The lowest BCUT2D eigenvalue weighted by Gasteiger charge is -2.24. The fourth-order valence-corrected chi connectivity index (χ4v) is 1.33. The molecule has 2 atom stereocenters. The summed E-state index contributed by atoms with van der Waals surface area (Å²) in [7, 11) is 0. The van der Waals surface area contributed by atoms with Crippen LogP contribution in [0.1, 0.15) is 26.7 Å². The van der Waals surface area contributed by atoms with Crippen LogP contribution in [0, 0.1) is 5.92 Å². The molecule has 1 N–H and O–H groups in total. The SMILES string of the molecule is C/C=C/[C@H]1CC[C@@H](C)C(=O)N1. The fourth-order valence-electron chi connectivity index (χ4n) is 1.33. The maximum atomic E-state index is 11.1. The van der Waals surface area contributed by atoms with Gasteiger partial charge >= 0.3 is 0 Å². The van der Waals surface area contributed by atoms with Gasteiger partial charge < -0.3 is 5.32 Å². The van der Waals surface area contributed by atoms with Crippen molar-refractivity contribution in [3.8, 4) is 0 Å². The van der Waals surface area contributed by atoms with Gasteiger partial charge in [-0.15, -0.1) is 0 Å². The summed E-state index contributed by atoms with van der Waals surface area (Å²) in [6.07, 6.45) is 6.13. The molecule has 1 fully saturated rings. The Morgan fingerprint density at radius 3 is 2.82 bits per heavy atom. The van der Waals surface area contributed by atoms with Crippen LogP contribution in [-0.2, 0) is 4.79 Å². The first kappa shape index (κ1) is 8.31. The van der Waals surface area contributed by atoms with E-state index in [0.717, 1.165) is 12.8 Å². The van der Waals surface area contributed by atoms with Crippen LogP contribution in [0.4, 0.5) is 0 Å². The Labute approximate surface area is 67.7 Å². The second-order valence-electron chi connectivity index (χ2n) is 3.12. The Balaban J connectivity index is 2.46. The zero-order chi connectivity index (χ0) is 8.27. The third-order valence-corrected chi connectivity index (χ3v) is 2.11. The van der Waals surface area contributed by atoms with E-state index in [1.54, 1.807) is 0 Å². The zero-order valence-corrected chi connectivity index (χ0v) is 7.13. The van der Waals surface area contributed by atoms with Gasteiger partial charge in [0, 0.05) is 12.0 Å². The molecule has 1 amide bonds. The van der Waals surface area contributed by atoms with Crippen molar-refractivity contribution in [2.75, 3.05) is 0 Å². The van der Waals surface area contributed by atoms with E-state index >= 15 is 0 Å². The van der Waals surface area contributed by atoms with Crippen molar-refractivity contribution in [1.29, 1.82) is 0 Å². The summed E-state index contributed by atoms with van der Waals surface area (Å²) in [5.41, 5.74) is 0. The van der Waals surface area contributed by atoms with Crippen molar-refractivity contribution in [1.82, 2.24) is 5.32 Å². The lowest BCUT2D eigenvalue weighted by atomic mass is 9.95. The van der Waals surface area contributed by atoms with Gasteiger partial charge in [0.2, 0.25) is 5.91 Å². The lowest BCUT2D eigenvalue weighted by molar-refractivity contribution is -0.126. The Hall–Kier alpha value is -0.790. The quantitative estimate of drug-likeness (QED) is 0.568. The molecule has 1 rings (SSSR count). The van der Waals surface area contributed by atoms with Crippen molar-refractivity contribution >= 4 is 5.91 Å². The van der Waals surface area contributed by atoms with E-state index in [-0.39, 0.29) is 17.9 Å². The minimum absolute atomic E-state index is 0.194. The Morgan fingerprint density at radius 2 is 2.27 bits per heavy atom. The van der Waals surface area contributed by atoms with Crippen molar-refractivity contribution in [2.45, 2.75) is 32.7 Å². The maximum Gasteiger partial charge on any atom is 0.223 e. The molecule has 0 aliphatic carbocycles. The average molecular weight is 153 g/mol. The smallest absolute Gasteiger partial charge is 0.223 e. The predicted octanol–water partition coefficient (Wildman–Crippen LogP) is 1.48. The first-order chi connectivity index (χ1) is 5.24. The molecule has 2 heteroatoms. The highest BCUT2D eigenvalue weighted by molar-refractivity contribution is 5.79. The number of carbonyl (C=O) groups excluding carboxylic acids is 1. The van der Waals surface area contributed by atoms with Crippen molar-refractivity contribution in [2.24, 2.45) is 5.92 Å². The molecule has 0 aromatic heterocycles. The van der Waals surface area contributed by atoms with Crippen LogP contribution in [-0.4, -0.2) is 11.9 Å². The molecule has 1 aliphatic rings. The molecule has 11 heavy (non-hydrogen) atoms. The number of rotatable bonds is 1. The molecular formula is C9H15NO. The highest BCUT2D eigenvalue weighted by Crippen LogP contribution is 2.14. The number of allylic oxidation sites excluding steroid dienone is 1. The average Bonchev–Trinajstić information content (AvgIpc) is 1.98. The van der Waals surface area contributed by atoms with Crippen LogP contribution in [0.2, 0.25) is 0 Å². The number of carbonyl (C=O) groups is 1. The van der Waals surface area contributed by atoms with Crippen LogP contribution < -0.4 is 5.32 Å². The molecule has 0 bridgehead atoms. The zero-order valence-electron chi connectivity index (χ0n) is 7.13. The van der Waals surface area contributed by atoms with E-state index in [1.165, 1.54) is 0 Å². The lowest BCUT2D eigenvalue weighted by Crippen LogP contribution is -2.41. The van der Waals surface area contributed by atoms with Gasteiger partial charge in [-0.1, -0.05) is 19.1 Å². The number of hydrogen-bond acceptors (Lipinski definition) is 1. The molecule has 62 valence electrons. The number of nitrogens with one attached hydrogen (secondary N) is 1. The van der Waals surface area contributed by atoms with Crippen molar-refractivity contribution < 1.29 is 4.79 Å². The van der Waals surface area contributed by atoms with Gasteiger partial charge in [0.05, 0.1) is 0 Å². The van der Waals surface area contributed by atoms with E-state index in [4.69, 9.17) is 0 Å². The van der Waals surface area contributed by atoms with Crippen LogP contribution in [0.25, 0.3) is 0 Å². The largest absolute Gasteiger partial charge is 0.350 e. The van der Waals surface area contributed by atoms with Crippen LogP contribution >= 0.6 is 0 Å². The minimum Gasteiger partial charge on any atom is -0.350 e. The van der Waals surface area contributed by atoms with Crippen LogP contribution in [0.5, 0.6) is 0 Å². The fraction of sp³-hybridized carbons (Fsp3) is 0.667. The molecule has 2 nitrogen and oxygen atoms in total. The number of hydrogen-bond donors (Lipinski definition) is 1. The predicted molar refractivity (Wildman–Crippen MR) is 45.1 cm³/mol. The van der Waals surface area contributed by atoms with E-state index in [1.807, 2.05) is 26.0 Å². The maximum absolute atomic E-state index is 11.1. The van der Waals surface area contributed by atoms with Crippen molar-refractivity contribution in [3.05, 3.63) is 12.2 Å². The van der Waals surface area contributed by atoms with Gasteiger partial charge in [-0.05, 0) is 19.8 Å². The molecule has 0 saturated carbocycles. The summed E-state index contributed by atoms with van der Waals surface area (Å²) in [5, 5.41) is 2.94. The molecule has 1 heterocycles. The summed E-state index contributed by atoms with van der Waals surface area (Å²) in [4.78, 5) is 11.1. The summed E-state index contributed by atoms with van der Waals surface area (Å²) < 4.78 is 0. The van der Waals surface area contributed by atoms with E-state index in [2.05, 4.69) is 5.32 Å². The monoisotopic (exact) mass is 153 g/mol. The third kappa shape index (κ3) is 2.07. The summed E-state index contributed by atoms with van der Waals surface area (Å²) in [6, 6.07) is 0.281. The first-order valence-corrected chi connectivity index (χ1v) is 4.17. The number of amides is 1. The van der Waals surface area contributed by atoms with Crippen LogP contribution in [0.3, 0.4) is 0 Å². The van der Waals surface area contributed by atoms with Crippen molar-refractivity contribution in [3.63, 3.8) is 0 Å². The molecular weight excluding hydrogens is 138 g/mol. The van der Waals surface area contributed by atoms with Gasteiger partial charge in [-0.3, -0.25) is 4.79 Å². The van der Waals surface area contributed by atoms with E-state index in [9.17, 15) is 4.79 Å². The molecule has 1 aliphatic heterocycles. The van der Waals surface area contributed by atoms with Gasteiger partial charge in [0.1, 0.15) is 0 Å². The molecule has 0 radical (unpaired) electrons. The molecule has 0 spiro atoms. The normalized spacial score (nSPS) is 32.4. The Bertz CT molecular complexity index is 174. The van der Waals surface area contributed by atoms with Gasteiger partial charge in [0.15, 0.2) is 0 Å². The Morgan fingerprint density at radius 1 is 1.55 bits per heavy atom. The van der Waals surface area contributed by atoms with Crippen LogP contribution in [0.15, 0.2) is 12.2 Å². The third-order valence-electron chi connectivity index (χ3n) is 2.11. The summed E-state index contributed by atoms with van der Waals surface area (Å²) >= 11 is 0. The second-order valence-corrected chi connectivity index (χ2v) is 3.12. The Kier molecular flexibility index (Phi) is 2.69. The highest BCUT2D eigenvalue weighted by atomic mass is 16.2. The minimum atomic E-state index is 0.194. The first-order valence-electron chi connectivity index (χ1n) is 4.17. The van der Waals surface area contributed by atoms with E-state index in [0.29, 0.717) is 0 Å². The molecule has 1 saturated heterocycles.